The summed E-state index contributed by atoms with van der Waals surface area (Å²) in [5.74, 6) is 0.601. The lowest BCUT2D eigenvalue weighted by molar-refractivity contribution is 0.617. The van der Waals surface area contributed by atoms with Crippen molar-refractivity contribution in [3.05, 3.63) is 158 Å². The summed E-state index contributed by atoms with van der Waals surface area (Å²) in [5, 5.41) is 4.51. The van der Waals surface area contributed by atoms with Gasteiger partial charge in [0.05, 0.1) is 11.4 Å². The first-order chi connectivity index (χ1) is 23.8. The Kier molecular flexibility index (Phi) is 6.01. The van der Waals surface area contributed by atoms with Gasteiger partial charge in [0.25, 0.3) is 0 Å². The first-order valence-corrected chi connectivity index (χ1v) is 16.8. The maximum absolute atomic E-state index is 6.78. The quantitative estimate of drug-likeness (QED) is 0.189. The molecular formula is C43H26N2O2S. The molecule has 3 aromatic heterocycles. The Morgan fingerprint density at radius 3 is 1.98 bits per heavy atom. The van der Waals surface area contributed by atoms with Crippen LogP contribution in [0.25, 0.3) is 75.8 Å². The molecule has 5 heteroatoms. The van der Waals surface area contributed by atoms with E-state index in [1.165, 1.54) is 31.3 Å². The minimum absolute atomic E-state index is 0.601. The van der Waals surface area contributed by atoms with Crippen molar-refractivity contribution in [1.29, 1.82) is 0 Å². The molecule has 7 aromatic carbocycles. The van der Waals surface area contributed by atoms with Gasteiger partial charge in [-0.15, -0.1) is 11.3 Å². The van der Waals surface area contributed by atoms with Crippen LogP contribution in [-0.4, -0.2) is 4.98 Å². The van der Waals surface area contributed by atoms with Gasteiger partial charge in [-0.3, -0.25) is 0 Å². The van der Waals surface area contributed by atoms with Crippen LogP contribution in [0.5, 0.6) is 0 Å². The highest BCUT2D eigenvalue weighted by atomic mass is 32.1. The summed E-state index contributed by atoms with van der Waals surface area (Å²) in [7, 11) is 0. The van der Waals surface area contributed by atoms with Crippen molar-refractivity contribution in [3.63, 3.8) is 0 Å². The largest absolute Gasteiger partial charge is 0.454 e. The van der Waals surface area contributed by atoms with Gasteiger partial charge in [0.15, 0.2) is 11.2 Å². The van der Waals surface area contributed by atoms with Gasteiger partial charge in [0.2, 0.25) is 5.89 Å². The highest BCUT2D eigenvalue weighted by Gasteiger charge is 2.23. The standard InChI is InChI=1S/C43H26N2O2S/c1-3-11-27(12-4-1)28-21-23-30(24-22-28)45(35-17-10-20-40-41(35)32-15-7-8-19-39(32)48-40)36-18-9-16-31-33-25-34-38(26-37(33)46-42(31)36)47-43(44-34)29-13-5-2-6-14-29/h1-26H. The second-order valence-corrected chi connectivity index (χ2v) is 13.0. The van der Waals surface area contributed by atoms with E-state index in [2.05, 4.69) is 126 Å². The van der Waals surface area contributed by atoms with Gasteiger partial charge in [0, 0.05) is 48.3 Å². The third kappa shape index (κ3) is 4.25. The van der Waals surface area contributed by atoms with Crippen LogP contribution in [0.4, 0.5) is 17.1 Å². The predicted molar refractivity (Wildman–Crippen MR) is 200 cm³/mol. The van der Waals surface area contributed by atoms with Gasteiger partial charge in [-0.25, -0.2) is 4.98 Å². The number of benzene rings is 7. The number of hydrogen-bond acceptors (Lipinski definition) is 5. The van der Waals surface area contributed by atoms with E-state index in [-0.39, 0.29) is 0 Å². The molecule has 0 aliphatic rings. The normalized spacial score (nSPS) is 11.8. The minimum atomic E-state index is 0.601. The molecule has 48 heavy (non-hydrogen) atoms. The minimum Gasteiger partial charge on any atom is -0.454 e. The molecule has 0 fully saturated rings. The number of rotatable bonds is 5. The fraction of sp³-hybridized carbons (Fsp3) is 0. The van der Waals surface area contributed by atoms with Crippen molar-refractivity contribution < 1.29 is 8.83 Å². The zero-order valence-electron chi connectivity index (χ0n) is 25.6. The number of aromatic nitrogens is 1. The molecule has 0 saturated heterocycles. The van der Waals surface area contributed by atoms with Crippen molar-refractivity contribution in [2.75, 3.05) is 4.90 Å². The van der Waals surface area contributed by atoms with Crippen molar-refractivity contribution in [2.24, 2.45) is 0 Å². The molecule has 226 valence electrons. The average Bonchev–Trinajstić information content (AvgIpc) is 3.85. The fourth-order valence-corrected chi connectivity index (χ4v) is 8.00. The monoisotopic (exact) mass is 634 g/mol. The van der Waals surface area contributed by atoms with E-state index >= 15 is 0 Å². The topological polar surface area (TPSA) is 42.4 Å². The maximum atomic E-state index is 6.78. The maximum Gasteiger partial charge on any atom is 0.227 e. The number of para-hydroxylation sites is 1. The van der Waals surface area contributed by atoms with Gasteiger partial charge in [-0.1, -0.05) is 97.1 Å². The summed E-state index contributed by atoms with van der Waals surface area (Å²) in [5.41, 5.74) is 9.50. The molecule has 10 rings (SSSR count). The third-order valence-electron chi connectivity index (χ3n) is 9.10. The molecule has 0 radical (unpaired) electrons. The second-order valence-electron chi connectivity index (χ2n) is 12.0. The molecule has 0 saturated carbocycles. The van der Waals surface area contributed by atoms with Crippen LogP contribution in [0, 0.1) is 0 Å². The van der Waals surface area contributed by atoms with Crippen molar-refractivity contribution in [1.82, 2.24) is 4.98 Å². The molecule has 0 N–H and O–H groups in total. The van der Waals surface area contributed by atoms with Gasteiger partial charge in [-0.05, 0) is 65.7 Å². The number of nitrogens with zero attached hydrogens (tertiary/aromatic N) is 2. The molecule has 0 amide bonds. The molecule has 3 heterocycles. The summed E-state index contributed by atoms with van der Waals surface area (Å²) < 4.78 is 15.5. The number of furan rings is 1. The predicted octanol–water partition coefficient (Wildman–Crippen LogP) is 12.9. The smallest absolute Gasteiger partial charge is 0.227 e. The van der Waals surface area contributed by atoms with Crippen LogP contribution < -0.4 is 4.90 Å². The lowest BCUT2D eigenvalue weighted by Crippen LogP contribution is -2.10. The summed E-state index contributed by atoms with van der Waals surface area (Å²) >= 11 is 1.82. The molecule has 4 nitrogen and oxygen atoms in total. The van der Waals surface area contributed by atoms with Gasteiger partial charge in [0.1, 0.15) is 11.1 Å². The Bertz CT molecular complexity index is 2780. The van der Waals surface area contributed by atoms with E-state index in [1.807, 2.05) is 47.7 Å². The third-order valence-corrected chi connectivity index (χ3v) is 10.2. The summed E-state index contributed by atoms with van der Waals surface area (Å²) in [6.45, 7) is 0. The van der Waals surface area contributed by atoms with E-state index in [4.69, 9.17) is 13.8 Å². The summed E-state index contributed by atoms with van der Waals surface area (Å²) in [6.07, 6.45) is 0. The van der Waals surface area contributed by atoms with Crippen LogP contribution in [0.1, 0.15) is 0 Å². The van der Waals surface area contributed by atoms with E-state index in [9.17, 15) is 0 Å². The fourth-order valence-electron chi connectivity index (χ4n) is 6.87. The highest BCUT2D eigenvalue weighted by Crippen LogP contribution is 2.48. The Hall–Kier alpha value is -6.17. The van der Waals surface area contributed by atoms with Gasteiger partial charge < -0.3 is 13.7 Å². The summed E-state index contributed by atoms with van der Waals surface area (Å²) in [4.78, 5) is 7.19. The zero-order valence-corrected chi connectivity index (χ0v) is 26.4. The Morgan fingerprint density at radius 2 is 1.15 bits per heavy atom. The lowest BCUT2D eigenvalue weighted by atomic mass is 10.0. The van der Waals surface area contributed by atoms with E-state index in [1.54, 1.807) is 0 Å². The molecule has 10 aromatic rings. The second kappa shape index (κ2) is 10.7. The van der Waals surface area contributed by atoms with E-state index in [0.29, 0.717) is 11.5 Å². The van der Waals surface area contributed by atoms with E-state index < -0.39 is 0 Å². The van der Waals surface area contributed by atoms with Crippen LogP contribution in [0.15, 0.2) is 167 Å². The molecule has 0 atom stereocenters. The van der Waals surface area contributed by atoms with Gasteiger partial charge in [-0.2, -0.15) is 0 Å². The van der Waals surface area contributed by atoms with Crippen molar-refractivity contribution in [3.8, 4) is 22.6 Å². The van der Waals surface area contributed by atoms with Crippen LogP contribution in [-0.2, 0) is 0 Å². The molecular weight excluding hydrogens is 609 g/mol. The first kappa shape index (κ1) is 27.0. The molecule has 0 aliphatic carbocycles. The number of oxazole rings is 1. The summed E-state index contributed by atoms with van der Waals surface area (Å²) in [6, 6.07) is 55.0. The molecule has 0 aliphatic heterocycles. The van der Waals surface area contributed by atoms with Crippen LogP contribution in [0.3, 0.4) is 0 Å². The number of anilines is 3. The molecule has 0 spiro atoms. The number of thiophene rings is 1. The molecule has 0 bridgehead atoms. The van der Waals surface area contributed by atoms with Crippen molar-refractivity contribution in [2.45, 2.75) is 0 Å². The SMILES string of the molecule is c1ccc(-c2ccc(N(c3cccc4c3oc3cc5oc(-c6ccccc6)nc5cc34)c3cccc4sc5ccccc5c34)cc2)cc1. The average molecular weight is 635 g/mol. The zero-order chi connectivity index (χ0) is 31.6. The van der Waals surface area contributed by atoms with Crippen molar-refractivity contribution >= 4 is 81.6 Å². The van der Waals surface area contributed by atoms with E-state index in [0.717, 1.165) is 50.1 Å². The van der Waals surface area contributed by atoms with Gasteiger partial charge >= 0.3 is 0 Å². The molecule has 0 unspecified atom stereocenters. The first-order valence-electron chi connectivity index (χ1n) is 16.0. The Morgan fingerprint density at radius 1 is 0.479 bits per heavy atom. The highest BCUT2D eigenvalue weighted by molar-refractivity contribution is 7.26. The lowest BCUT2D eigenvalue weighted by Gasteiger charge is -2.26. The Balaban J connectivity index is 1.20. The van der Waals surface area contributed by atoms with Crippen LogP contribution >= 0.6 is 11.3 Å². The number of fused-ring (bicyclic) bond motifs is 7. The Labute approximate surface area is 279 Å². The number of hydrogen-bond donors (Lipinski definition) is 0. The van der Waals surface area contributed by atoms with Crippen LogP contribution in [0.2, 0.25) is 0 Å².